The number of aryl methyl sites for hydroxylation is 1. The highest BCUT2D eigenvalue weighted by molar-refractivity contribution is 6.03. The third kappa shape index (κ3) is 2.25. The van der Waals surface area contributed by atoms with Crippen LogP contribution in [0.5, 0.6) is 0 Å². The van der Waals surface area contributed by atoms with Crippen molar-refractivity contribution in [3.63, 3.8) is 0 Å². The third-order valence-electron chi connectivity index (χ3n) is 2.14. The predicted molar refractivity (Wildman–Crippen MR) is 60.1 cm³/mol. The van der Waals surface area contributed by atoms with Gasteiger partial charge < -0.3 is 5.32 Å². The molecule has 0 aliphatic carbocycles. The number of nitrogens with zero attached hydrogens (tertiary/aromatic N) is 3. The summed E-state index contributed by atoms with van der Waals surface area (Å²) in [6.45, 7) is 2.77. The summed E-state index contributed by atoms with van der Waals surface area (Å²) < 4.78 is 1.75. The van der Waals surface area contributed by atoms with Crippen LogP contribution in [0, 0.1) is 0 Å². The summed E-state index contributed by atoms with van der Waals surface area (Å²) in [4.78, 5) is 15.6. The Morgan fingerprint density at radius 3 is 3.00 bits per heavy atom. The van der Waals surface area contributed by atoms with E-state index in [1.54, 1.807) is 35.4 Å². The van der Waals surface area contributed by atoms with Crippen molar-refractivity contribution in [3.05, 3.63) is 42.5 Å². The minimum absolute atomic E-state index is 0.177. The lowest BCUT2D eigenvalue weighted by Crippen LogP contribution is -2.11. The molecule has 1 N–H and O–H groups in total. The highest BCUT2D eigenvalue weighted by Gasteiger charge is 2.06. The number of nitrogens with one attached hydrogen (secondary N) is 1. The second-order valence-electron chi connectivity index (χ2n) is 3.28. The molecule has 0 spiro atoms. The Kier molecular flexibility index (Phi) is 2.95. The van der Waals surface area contributed by atoms with Gasteiger partial charge in [-0.1, -0.05) is 0 Å². The van der Waals surface area contributed by atoms with Crippen molar-refractivity contribution in [3.8, 4) is 0 Å². The van der Waals surface area contributed by atoms with Crippen LogP contribution in [0.3, 0.4) is 0 Å². The Hall–Kier alpha value is -2.17. The number of hydrogen-bond donors (Lipinski definition) is 1. The quantitative estimate of drug-likeness (QED) is 0.846. The van der Waals surface area contributed by atoms with Crippen LogP contribution < -0.4 is 5.32 Å². The average Bonchev–Trinajstić information content (AvgIpc) is 2.78. The molecule has 16 heavy (non-hydrogen) atoms. The molecule has 0 aliphatic rings. The molecule has 0 saturated heterocycles. The zero-order valence-electron chi connectivity index (χ0n) is 8.92. The first kappa shape index (κ1) is 10.4. The number of carbonyl (C=O) groups is 1. The van der Waals surface area contributed by atoms with Crippen molar-refractivity contribution in [2.24, 2.45) is 0 Å². The van der Waals surface area contributed by atoms with Crippen molar-refractivity contribution in [1.82, 2.24) is 14.8 Å². The third-order valence-corrected chi connectivity index (χ3v) is 2.14. The summed E-state index contributed by atoms with van der Waals surface area (Å²) in [5.74, 6) is -0.177. The Morgan fingerprint density at radius 2 is 2.38 bits per heavy atom. The molecular weight excluding hydrogens is 204 g/mol. The minimum atomic E-state index is -0.177. The summed E-state index contributed by atoms with van der Waals surface area (Å²) >= 11 is 0. The maximum atomic E-state index is 11.7. The molecular formula is C11H12N4O. The summed E-state index contributed by atoms with van der Waals surface area (Å²) in [6.07, 6.45) is 6.57. The van der Waals surface area contributed by atoms with Crippen LogP contribution in [0.2, 0.25) is 0 Å². The van der Waals surface area contributed by atoms with Gasteiger partial charge in [0.1, 0.15) is 0 Å². The van der Waals surface area contributed by atoms with Gasteiger partial charge in [-0.05, 0) is 19.1 Å². The Labute approximate surface area is 93.1 Å². The van der Waals surface area contributed by atoms with Gasteiger partial charge in [0.15, 0.2) is 0 Å². The zero-order valence-corrected chi connectivity index (χ0v) is 8.92. The van der Waals surface area contributed by atoms with E-state index in [0.29, 0.717) is 11.3 Å². The van der Waals surface area contributed by atoms with Crippen LogP contribution in [-0.4, -0.2) is 20.7 Å². The Morgan fingerprint density at radius 1 is 1.50 bits per heavy atom. The molecule has 5 nitrogen and oxygen atoms in total. The topological polar surface area (TPSA) is 59.8 Å². The largest absolute Gasteiger partial charge is 0.319 e. The smallest absolute Gasteiger partial charge is 0.257 e. The lowest BCUT2D eigenvalue weighted by atomic mass is 10.3. The van der Waals surface area contributed by atoms with Gasteiger partial charge in [-0.15, -0.1) is 0 Å². The van der Waals surface area contributed by atoms with Crippen LogP contribution in [0.1, 0.15) is 17.3 Å². The maximum Gasteiger partial charge on any atom is 0.257 e. The van der Waals surface area contributed by atoms with E-state index in [2.05, 4.69) is 15.4 Å². The van der Waals surface area contributed by atoms with Crippen molar-refractivity contribution >= 4 is 11.6 Å². The molecule has 82 valence electrons. The van der Waals surface area contributed by atoms with Gasteiger partial charge in [0.05, 0.1) is 17.4 Å². The fourth-order valence-electron chi connectivity index (χ4n) is 1.30. The van der Waals surface area contributed by atoms with E-state index in [1.807, 2.05) is 6.92 Å². The number of pyridine rings is 1. The maximum absolute atomic E-state index is 11.7. The summed E-state index contributed by atoms with van der Waals surface area (Å²) in [6, 6.07) is 3.44. The van der Waals surface area contributed by atoms with E-state index in [-0.39, 0.29) is 5.91 Å². The second kappa shape index (κ2) is 4.57. The van der Waals surface area contributed by atoms with Crippen molar-refractivity contribution in [1.29, 1.82) is 0 Å². The molecule has 2 rings (SSSR count). The molecule has 0 atom stereocenters. The van der Waals surface area contributed by atoms with Crippen molar-refractivity contribution < 1.29 is 4.79 Å². The van der Waals surface area contributed by atoms with Gasteiger partial charge in [0, 0.05) is 25.1 Å². The van der Waals surface area contributed by atoms with Crippen LogP contribution in [-0.2, 0) is 6.54 Å². The number of anilines is 1. The molecule has 2 heterocycles. The summed E-state index contributed by atoms with van der Waals surface area (Å²) in [5, 5.41) is 6.82. The van der Waals surface area contributed by atoms with Crippen LogP contribution in [0.25, 0.3) is 0 Å². The summed E-state index contributed by atoms with van der Waals surface area (Å²) in [5.41, 5.74) is 1.22. The lowest BCUT2D eigenvalue weighted by molar-refractivity contribution is 0.102. The monoisotopic (exact) mass is 216 g/mol. The SMILES string of the molecule is CCn1cc(NC(=O)c2cccnc2)cn1. The van der Waals surface area contributed by atoms with Crippen molar-refractivity contribution in [2.45, 2.75) is 13.5 Å². The summed E-state index contributed by atoms with van der Waals surface area (Å²) in [7, 11) is 0. The first-order chi connectivity index (χ1) is 7.79. The zero-order chi connectivity index (χ0) is 11.4. The minimum Gasteiger partial charge on any atom is -0.319 e. The van der Waals surface area contributed by atoms with Crippen LogP contribution >= 0.6 is 0 Å². The van der Waals surface area contributed by atoms with Crippen LogP contribution in [0.4, 0.5) is 5.69 Å². The van der Waals surface area contributed by atoms with Gasteiger partial charge in [-0.2, -0.15) is 5.10 Å². The lowest BCUT2D eigenvalue weighted by Gasteiger charge is -2.00. The number of hydrogen-bond acceptors (Lipinski definition) is 3. The molecule has 0 unspecified atom stereocenters. The van der Waals surface area contributed by atoms with Gasteiger partial charge in [0.25, 0.3) is 5.91 Å². The van der Waals surface area contributed by atoms with Crippen molar-refractivity contribution in [2.75, 3.05) is 5.32 Å². The van der Waals surface area contributed by atoms with Gasteiger partial charge in [0.2, 0.25) is 0 Å². The predicted octanol–water partition coefficient (Wildman–Crippen LogP) is 1.55. The molecule has 1 amide bonds. The van der Waals surface area contributed by atoms with E-state index in [0.717, 1.165) is 6.54 Å². The molecule has 0 aromatic carbocycles. The Balaban J connectivity index is 2.08. The highest BCUT2D eigenvalue weighted by Crippen LogP contribution is 2.07. The van der Waals surface area contributed by atoms with E-state index in [1.165, 1.54) is 6.20 Å². The van der Waals surface area contributed by atoms with Gasteiger partial charge in [-0.25, -0.2) is 0 Å². The fourth-order valence-corrected chi connectivity index (χ4v) is 1.30. The number of carbonyl (C=O) groups excluding carboxylic acids is 1. The molecule has 0 bridgehead atoms. The average molecular weight is 216 g/mol. The first-order valence-electron chi connectivity index (χ1n) is 5.03. The molecule has 0 fully saturated rings. The molecule has 0 saturated carbocycles. The molecule has 0 aliphatic heterocycles. The van der Waals surface area contributed by atoms with Crippen LogP contribution in [0.15, 0.2) is 36.9 Å². The number of rotatable bonds is 3. The molecule has 2 aromatic rings. The van der Waals surface area contributed by atoms with E-state index < -0.39 is 0 Å². The first-order valence-corrected chi connectivity index (χ1v) is 5.03. The normalized spacial score (nSPS) is 10.1. The molecule has 2 aromatic heterocycles. The van der Waals surface area contributed by atoms with Gasteiger partial charge in [-0.3, -0.25) is 14.5 Å². The number of aromatic nitrogens is 3. The molecule has 5 heteroatoms. The Bertz CT molecular complexity index is 478. The molecule has 0 radical (unpaired) electrons. The van der Waals surface area contributed by atoms with E-state index >= 15 is 0 Å². The van der Waals surface area contributed by atoms with E-state index in [4.69, 9.17) is 0 Å². The number of amides is 1. The fraction of sp³-hybridized carbons (Fsp3) is 0.182. The second-order valence-corrected chi connectivity index (χ2v) is 3.28. The highest BCUT2D eigenvalue weighted by atomic mass is 16.1. The van der Waals surface area contributed by atoms with E-state index in [9.17, 15) is 4.79 Å². The standard InChI is InChI=1S/C11H12N4O/c1-2-15-8-10(7-13-15)14-11(16)9-4-3-5-12-6-9/h3-8H,2H2,1H3,(H,14,16). The van der Waals surface area contributed by atoms with Gasteiger partial charge >= 0.3 is 0 Å².